The zero-order valence-electron chi connectivity index (χ0n) is 23.2. The molecular formula is C28H35ClF2NO7P. The molecule has 0 aliphatic heterocycles. The summed E-state index contributed by atoms with van der Waals surface area (Å²) in [6.45, 7) is 7.42. The predicted octanol–water partition coefficient (Wildman–Crippen LogP) is 6.40. The number of benzene rings is 2. The number of hydrogen-bond donors (Lipinski definition) is 1. The Bertz CT molecular complexity index is 1240. The summed E-state index contributed by atoms with van der Waals surface area (Å²) in [7, 11) is -4.15. The molecule has 2 atom stereocenters. The van der Waals surface area contributed by atoms with Crippen LogP contribution in [0.25, 0.3) is 0 Å². The lowest BCUT2D eigenvalue weighted by atomic mass is 9.90. The number of ketones is 1. The van der Waals surface area contributed by atoms with Crippen LogP contribution in [0, 0.1) is 17.0 Å². The topological polar surface area (TPSA) is 110 Å². The summed E-state index contributed by atoms with van der Waals surface area (Å²) in [5.74, 6) is -5.70. The molecule has 220 valence electrons. The standard InChI is InChI=1S/C28H35ClF2NO7P/c1-6-38-40(37,39-7-2)25(28(3,4)5)26(34)32(21(27(35)36)17-18-11-9-8-10-12-18)16-15-22(33)23-20(30)14-13-19(29)24(23)31/h8-14,21,25H,6-7,15-17H2,1-5H3,(H,35,36). The average Bonchev–Trinajstić information content (AvgIpc) is 2.85. The third kappa shape index (κ3) is 8.19. The van der Waals surface area contributed by atoms with E-state index in [1.807, 2.05) is 0 Å². The third-order valence-electron chi connectivity index (χ3n) is 6.11. The van der Waals surface area contributed by atoms with Crippen molar-refractivity contribution in [3.8, 4) is 0 Å². The van der Waals surface area contributed by atoms with Crippen LogP contribution in [0.5, 0.6) is 0 Å². The number of Topliss-reactive ketones (excluding diaryl/α,β-unsaturated/α-hetero) is 1. The first-order valence-electron chi connectivity index (χ1n) is 12.8. The van der Waals surface area contributed by atoms with Crippen molar-refractivity contribution < 1.29 is 41.9 Å². The summed E-state index contributed by atoms with van der Waals surface area (Å²) >= 11 is 5.73. The Kier molecular flexibility index (Phi) is 12.0. The first-order chi connectivity index (χ1) is 18.7. The largest absolute Gasteiger partial charge is 0.480 e. The van der Waals surface area contributed by atoms with Crippen molar-refractivity contribution in [2.75, 3.05) is 19.8 Å². The number of hydrogen-bond acceptors (Lipinski definition) is 6. The van der Waals surface area contributed by atoms with Gasteiger partial charge in [-0.3, -0.25) is 14.2 Å². The maximum atomic E-state index is 14.5. The maximum Gasteiger partial charge on any atom is 0.343 e. The first-order valence-corrected chi connectivity index (χ1v) is 14.8. The van der Waals surface area contributed by atoms with Crippen LogP contribution < -0.4 is 0 Å². The van der Waals surface area contributed by atoms with E-state index >= 15 is 0 Å². The second kappa shape index (κ2) is 14.3. The lowest BCUT2D eigenvalue weighted by Gasteiger charge is -2.39. The van der Waals surface area contributed by atoms with Crippen LogP contribution in [-0.2, 0) is 29.6 Å². The normalized spacial score (nSPS) is 13.5. The summed E-state index contributed by atoms with van der Waals surface area (Å²) < 4.78 is 53.8. The van der Waals surface area contributed by atoms with Crippen LogP contribution in [0.15, 0.2) is 42.5 Å². The van der Waals surface area contributed by atoms with Crippen molar-refractivity contribution in [3.05, 3.63) is 70.2 Å². The average molecular weight is 602 g/mol. The Hall–Kier alpha value is -2.65. The summed E-state index contributed by atoms with van der Waals surface area (Å²) in [5.41, 5.74) is -2.81. The lowest BCUT2D eigenvalue weighted by molar-refractivity contribution is -0.151. The Morgan fingerprint density at radius 3 is 2.10 bits per heavy atom. The number of carbonyl (C=O) groups excluding carboxylic acids is 2. The van der Waals surface area contributed by atoms with Crippen LogP contribution in [0.1, 0.15) is 57.0 Å². The number of halogens is 3. The van der Waals surface area contributed by atoms with E-state index in [2.05, 4.69) is 0 Å². The molecule has 2 aromatic rings. The number of rotatable bonds is 14. The summed E-state index contributed by atoms with van der Waals surface area (Å²) in [6.07, 6.45) is -0.788. The van der Waals surface area contributed by atoms with Crippen LogP contribution in [0.4, 0.5) is 8.78 Å². The molecule has 40 heavy (non-hydrogen) atoms. The number of carboxylic acid groups (broad SMARTS) is 1. The van der Waals surface area contributed by atoms with Crippen molar-refractivity contribution in [2.24, 2.45) is 5.41 Å². The Labute approximate surface area is 238 Å². The zero-order valence-corrected chi connectivity index (χ0v) is 24.8. The van der Waals surface area contributed by atoms with Gasteiger partial charge in [0.15, 0.2) is 11.6 Å². The highest BCUT2D eigenvalue weighted by Crippen LogP contribution is 2.59. The molecule has 8 nitrogen and oxygen atoms in total. The van der Waals surface area contributed by atoms with Gasteiger partial charge in [0.05, 0.1) is 23.8 Å². The minimum atomic E-state index is -4.15. The number of aliphatic carboxylic acids is 1. The second-order valence-corrected chi connectivity index (χ2v) is 12.6. The predicted molar refractivity (Wildman–Crippen MR) is 148 cm³/mol. The number of carboxylic acids is 1. The molecule has 1 N–H and O–H groups in total. The minimum Gasteiger partial charge on any atom is -0.480 e. The molecule has 2 unspecified atom stereocenters. The number of nitrogens with zero attached hydrogens (tertiary/aromatic N) is 1. The zero-order chi connectivity index (χ0) is 30.3. The molecule has 0 aliphatic carbocycles. The van der Waals surface area contributed by atoms with E-state index in [1.54, 1.807) is 65.0 Å². The van der Waals surface area contributed by atoms with Crippen LogP contribution >= 0.6 is 19.2 Å². The SMILES string of the molecule is CCOP(=O)(OCC)C(C(=O)N(CCC(=O)c1c(F)ccc(Cl)c1F)C(Cc1ccccc1)C(=O)O)C(C)(C)C. The van der Waals surface area contributed by atoms with Gasteiger partial charge in [-0.1, -0.05) is 62.7 Å². The number of carbonyl (C=O) groups is 3. The molecule has 0 radical (unpaired) electrons. The van der Waals surface area contributed by atoms with Gasteiger partial charge < -0.3 is 19.1 Å². The smallest absolute Gasteiger partial charge is 0.343 e. The van der Waals surface area contributed by atoms with Gasteiger partial charge in [0.2, 0.25) is 5.91 Å². The van der Waals surface area contributed by atoms with E-state index in [-0.39, 0.29) is 19.6 Å². The van der Waals surface area contributed by atoms with Gasteiger partial charge in [0.25, 0.3) is 0 Å². The summed E-state index contributed by atoms with van der Waals surface area (Å²) in [6, 6.07) is 8.78. The Balaban J connectivity index is 2.61. The van der Waals surface area contributed by atoms with Crippen molar-refractivity contribution >= 4 is 36.9 Å². The molecule has 0 spiro atoms. The van der Waals surface area contributed by atoms with Gasteiger partial charge in [0.1, 0.15) is 17.5 Å². The molecule has 0 saturated carbocycles. The fourth-order valence-electron chi connectivity index (χ4n) is 4.40. The van der Waals surface area contributed by atoms with Gasteiger partial charge in [-0.25, -0.2) is 13.6 Å². The van der Waals surface area contributed by atoms with E-state index < -0.39 is 77.6 Å². The summed E-state index contributed by atoms with van der Waals surface area (Å²) in [5, 5.41) is 9.74. The lowest BCUT2D eigenvalue weighted by Crippen LogP contribution is -2.53. The summed E-state index contributed by atoms with van der Waals surface area (Å²) in [4.78, 5) is 40.6. The van der Waals surface area contributed by atoms with Gasteiger partial charge >= 0.3 is 13.6 Å². The first kappa shape index (κ1) is 33.6. The van der Waals surface area contributed by atoms with Crippen molar-refractivity contribution in [3.63, 3.8) is 0 Å². The third-order valence-corrected chi connectivity index (χ3v) is 9.26. The Morgan fingerprint density at radius 1 is 1.02 bits per heavy atom. The van der Waals surface area contributed by atoms with Gasteiger partial charge in [-0.05, 0) is 37.0 Å². The highest BCUT2D eigenvalue weighted by atomic mass is 35.5. The van der Waals surface area contributed by atoms with Crippen LogP contribution in [0.2, 0.25) is 5.02 Å². The monoisotopic (exact) mass is 601 g/mol. The molecule has 0 bridgehead atoms. The van der Waals surface area contributed by atoms with Crippen molar-refractivity contribution in [1.29, 1.82) is 0 Å². The maximum absolute atomic E-state index is 14.5. The minimum absolute atomic E-state index is 0.0463. The molecule has 0 saturated heterocycles. The van der Waals surface area contributed by atoms with Gasteiger partial charge in [-0.2, -0.15) is 0 Å². The molecule has 2 rings (SSSR count). The molecule has 12 heteroatoms. The highest BCUT2D eigenvalue weighted by Gasteiger charge is 2.51. The molecule has 0 aliphatic rings. The highest BCUT2D eigenvalue weighted by molar-refractivity contribution is 7.55. The molecule has 0 aromatic heterocycles. The fourth-order valence-corrected chi connectivity index (χ4v) is 7.02. The van der Waals surface area contributed by atoms with E-state index in [9.17, 15) is 32.8 Å². The molecule has 2 aromatic carbocycles. The second-order valence-electron chi connectivity index (χ2n) is 10.1. The van der Waals surface area contributed by atoms with Crippen LogP contribution in [-0.4, -0.2) is 59.1 Å². The van der Waals surface area contributed by atoms with E-state index in [0.29, 0.717) is 5.56 Å². The molecule has 1 amide bonds. The number of amides is 1. The van der Waals surface area contributed by atoms with Crippen LogP contribution in [0.3, 0.4) is 0 Å². The van der Waals surface area contributed by atoms with E-state index in [1.165, 1.54) is 0 Å². The van der Waals surface area contributed by atoms with E-state index in [4.69, 9.17) is 20.6 Å². The quantitative estimate of drug-likeness (QED) is 0.152. The van der Waals surface area contributed by atoms with Crippen molar-refractivity contribution in [1.82, 2.24) is 4.90 Å². The Morgan fingerprint density at radius 2 is 1.60 bits per heavy atom. The van der Waals surface area contributed by atoms with E-state index in [0.717, 1.165) is 17.0 Å². The van der Waals surface area contributed by atoms with Gasteiger partial charge in [0, 0.05) is 19.4 Å². The molecular weight excluding hydrogens is 567 g/mol. The fraction of sp³-hybridized carbons (Fsp3) is 0.464. The van der Waals surface area contributed by atoms with Crippen molar-refractivity contribution in [2.45, 2.75) is 59.2 Å². The molecule has 0 heterocycles. The van der Waals surface area contributed by atoms with Gasteiger partial charge in [-0.15, -0.1) is 0 Å². The molecule has 0 fully saturated rings.